The van der Waals surface area contributed by atoms with Crippen molar-refractivity contribution in [3.8, 4) is 0 Å². The van der Waals surface area contributed by atoms with Crippen LogP contribution in [0, 0.1) is 0 Å². The van der Waals surface area contributed by atoms with Gasteiger partial charge in [-0.2, -0.15) is 0 Å². The summed E-state index contributed by atoms with van der Waals surface area (Å²) in [6.45, 7) is 2.54. The van der Waals surface area contributed by atoms with Crippen LogP contribution in [0.3, 0.4) is 0 Å². The van der Waals surface area contributed by atoms with E-state index in [1.165, 1.54) is 49.3 Å². The highest BCUT2D eigenvalue weighted by atomic mass is 14.9. The number of H-pyrrole nitrogens is 1. The van der Waals surface area contributed by atoms with Gasteiger partial charge in [0.05, 0.1) is 0 Å². The van der Waals surface area contributed by atoms with Gasteiger partial charge in [-0.15, -0.1) is 0 Å². The minimum absolute atomic E-state index is 0.612. The number of rotatable bonds is 9. The minimum Gasteiger partial charge on any atom is -0.405 e. The molecule has 0 atom stereocenters. The Bertz CT molecular complexity index is 872. The first-order chi connectivity index (χ1) is 13.7. The van der Waals surface area contributed by atoms with Gasteiger partial charge in [0.25, 0.3) is 0 Å². The second-order valence-corrected chi connectivity index (χ2v) is 7.47. The molecule has 0 saturated carbocycles. The van der Waals surface area contributed by atoms with E-state index < -0.39 is 0 Å². The van der Waals surface area contributed by atoms with Crippen LogP contribution >= 0.6 is 0 Å². The highest BCUT2D eigenvalue weighted by molar-refractivity contribution is 5.87. The zero-order chi connectivity index (χ0) is 19.8. The Morgan fingerprint density at radius 3 is 2.89 bits per heavy atom. The quantitative estimate of drug-likeness (QED) is 0.262. The van der Waals surface area contributed by atoms with Crippen molar-refractivity contribution >= 4 is 16.5 Å². The number of hydrogen-bond acceptors (Lipinski definition) is 4. The Morgan fingerprint density at radius 2 is 2.14 bits per heavy atom. The van der Waals surface area contributed by atoms with E-state index in [0.29, 0.717) is 6.54 Å². The second kappa shape index (κ2) is 10.2. The zero-order valence-corrected chi connectivity index (χ0v) is 16.9. The highest BCUT2D eigenvalue weighted by Crippen LogP contribution is 2.24. The van der Waals surface area contributed by atoms with Crippen molar-refractivity contribution in [2.24, 2.45) is 11.5 Å². The van der Waals surface area contributed by atoms with Gasteiger partial charge in [-0.25, -0.2) is 0 Å². The molecular weight excluding hydrogens is 346 g/mol. The van der Waals surface area contributed by atoms with Crippen molar-refractivity contribution in [3.05, 3.63) is 65.1 Å². The van der Waals surface area contributed by atoms with Crippen molar-refractivity contribution < 1.29 is 0 Å². The Labute approximate surface area is 168 Å². The number of aromatic nitrogens is 1. The van der Waals surface area contributed by atoms with Crippen LogP contribution in [-0.2, 0) is 6.54 Å². The first kappa shape index (κ1) is 20.2. The van der Waals surface area contributed by atoms with Crippen LogP contribution in [0.25, 0.3) is 16.5 Å². The van der Waals surface area contributed by atoms with Crippen LogP contribution in [-0.4, -0.2) is 25.1 Å². The number of allylic oxidation sites excluding steroid dienone is 3. The molecule has 3 rings (SSSR count). The van der Waals surface area contributed by atoms with Crippen molar-refractivity contribution in [2.45, 2.75) is 38.6 Å². The van der Waals surface area contributed by atoms with Gasteiger partial charge in [-0.3, -0.25) is 0 Å². The van der Waals surface area contributed by atoms with Gasteiger partial charge in [-0.1, -0.05) is 17.7 Å². The van der Waals surface area contributed by atoms with E-state index in [1.807, 2.05) is 13.1 Å². The van der Waals surface area contributed by atoms with Gasteiger partial charge in [0.15, 0.2) is 0 Å². The van der Waals surface area contributed by atoms with E-state index in [-0.39, 0.29) is 0 Å². The molecule has 1 aliphatic rings. The van der Waals surface area contributed by atoms with E-state index >= 15 is 0 Å². The lowest BCUT2D eigenvalue weighted by Gasteiger charge is -2.13. The molecule has 0 radical (unpaired) electrons. The second-order valence-electron chi connectivity index (χ2n) is 7.47. The van der Waals surface area contributed by atoms with Gasteiger partial charge >= 0.3 is 0 Å². The van der Waals surface area contributed by atoms with E-state index in [1.54, 1.807) is 5.57 Å². The SMILES string of the molecule is CNC/C(N)=C(\C=C/N)c1cc2cc(CNCCC3=CCCCC3)ccc2[nH]1. The third-order valence-electron chi connectivity index (χ3n) is 5.29. The Hall–Kier alpha value is -2.50. The van der Waals surface area contributed by atoms with E-state index in [2.05, 4.69) is 46.0 Å². The number of aromatic amines is 1. The number of likely N-dealkylation sites (N-methyl/N-ethyl adjacent to an activating group) is 1. The largest absolute Gasteiger partial charge is 0.405 e. The smallest absolute Gasteiger partial charge is 0.0483 e. The lowest BCUT2D eigenvalue weighted by Crippen LogP contribution is -2.17. The van der Waals surface area contributed by atoms with Crippen molar-refractivity contribution in [3.63, 3.8) is 0 Å². The van der Waals surface area contributed by atoms with Gasteiger partial charge < -0.3 is 27.1 Å². The van der Waals surface area contributed by atoms with Crippen molar-refractivity contribution in [1.82, 2.24) is 15.6 Å². The third-order valence-corrected chi connectivity index (χ3v) is 5.29. The molecule has 0 amide bonds. The van der Waals surface area contributed by atoms with Gasteiger partial charge in [0, 0.05) is 41.0 Å². The number of fused-ring (bicyclic) bond motifs is 1. The fourth-order valence-electron chi connectivity index (χ4n) is 3.80. The summed E-state index contributed by atoms with van der Waals surface area (Å²) in [6.07, 6.45) is 12.2. The maximum Gasteiger partial charge on any atom is 0.0483 e. The maximum atomic E-state index is 6.22. The number of benzene rings is 1. The number of nitrogens with two attached hydrogens (primary N) is 2. The average molecular weight is 380 g/mol. The molecule has 5 nitrogen and oxygen atoms in total. The summed E-state index contributed by atoms with van der Waals surface area (Å²) in [7, 11) is 1.88. The normalized spacial score (nSPS) is 15.8. The third kappa shape index (κ3) is 5.27. The Kier molecular flexibility index (Phi) is 7.34. The van der Waals surface area contributed by atoms with Crippen LogP contribution in [0.5, 0.6) is 0 Å². The van der Waals surface area contributed by atoms with Crippen LogP contribution in [0.1, 0.15) is 43.4 Å². The average Bonchev–Trinajstić information content (AvgIpc) is 3.13. The first-order valence-corrected chi connectivity index (χ1v) is 10.2. The number of hydrogen-bond donors (Lipinski definition) is 5. The fraction of sp³-hybridized carbons (Fsp3) is 0.391. The standard InChI is InChI=1S/C23H33N5/c1-26-16-21(25)20(9-11-24)23-14-19-13-18(7-8-22(19)28-23)15-27-12-10-17-5-3-2-4-6-17/h5,7-9,11,13-14,26-28H,2-4,6,10,12,15-16,24-25H2,1H3/b11-9-,21-20-. The molecular formula is C23H33N5. The molecule has 5 heteroatoms. The monoisotopic (exact) mass is 379 g/mol. The van der Waals surface area contributed by atoms with Gasteiger partial charge in [0.2, 0.25) is 0 Å². The molecule has 0 saturated heterocycles. The van der Waals surface area contributed by atoms with Gasteiger partial charge in [0.1, 0.15) is 0 Å². The summed E-state index contributed by atoms with van der Waals surface area (Å²) >= 11 is 0. The fourth-order valence-corrected chi connectivity index (χ4v) is 3.80. The van der Waals surface area contributed by atoms with Crippen molar-refractivity contribution in [1.29, 1.82) is 0 Å². The topological polar surface area (TPSA) is 91.9 Å². The van der Waals surface area contributed by atoms with Crippen LogP contribution in [0.2, 0.25) is 0 Å². The summed E-state index contributed by atoms with van der Waals surface area (Å²) < 4.78 is 0. The lowest BCUT2D eigenvalue weighted by atomic mass is 9.97. The molecule has 2 aromatic rings. The van der Waals surface area contributed by atoms with Gasteiger partial charge in [-0.05, 0) is 81.7 Å². The van der Waals surface area contributed by atoms with Crippen LogP contribution < -0.4 is 22.1 Å². The molecule has 0 spiro atoms. The maximum absolute atomic E-state index is 6.22. The molecule has 1 aromatic heterocycles. The summed E-state index contributed by atoms with van der Waals surface area (Å²) in [4.78, 5) is 3.46. The first-order valence-electron chi connectivity index (χ1n) is 10.2. The highest BCUT2D eigenvalue weighted by Gasteiger charge is 2.09. The molecule has 0 unspecified atom stereocenters. The van der Waals surface area contributed by atoms with Crippen LogP contribution in [0.4, 0.5) is 0 Å². The Balaban J connectivity index is 1.66. The minimum atomic E-state index is 0.612. The summed E-state index contributed by atoms with van der Waals surface area (Å²) in [5.41, 5.74) is 18.5. The summed E-state index contributed by atoms with van der Waals surface area (Å²) in [6, 6.07) is 8.69. The molecule has 7 N–H and O–H groups in total. The van der Waals surface area contributed by atoms with Crippen LogP contribution in [0.15, 0.2) is 53.9 Å². The molecule has 150 valence electrons. The predicted molar refractivity (Wildman–Crippen MR) is 120 cm³/mol. The summed E-state index contributed by atoms with van der Waals surface area (Å²) in [5, 5.41) is 7.85. The molecule has 0 fully saturated rings. The lowest BCUT2D eigenvalue weighted by molar-refractivity contribution is 0.632. The number of nitrogens with one attached hydrogen (secondary N) is 3. The molecule has 1 aromatic carbocycles. The molecule has 0 aliphatic heterocycles. The zero-order valence-electron chi connectivity index (χ0n) is 16.9. The van der Waals surface area contributed by atoms with E-state index in [0.717, 1.165) is 35.6 Å². The molecule has 28 heavy (non-hydrogen) atoms. The Morgan fingerprint density at radius 1 is 1.25 bits per heavy atom. The predicted octanol–water partition coefficient (Wildman–Crippen LogP) is 3.51. The van der Waals surface area contributed by atoms with E-state index in [4.69, 9.17) is 11.5 Å². The van der Waals surface area contributed by atoms with Crippen molar-refractivity contribution in [2.75, 3.05) is 20.1 Å². The molecule has 1 heterocycles. The summed E-state index contributed by atoms with van der Waals surface area (Å²) in [5.74, 6) is 0. The molecule has 1 aliphatic carbocycles. The molecule has 0 bridgehead atoms. The van der Waals surface area contributed by atoms with E-state index in [9.17, 15) is 0 Å².